The molecule has 0 amide bonds. The fraction of sp³-hybridized carbons (Fsp3) is 0.440. The van der Waals surface area contributed by atoms with E-state index in [4.69, 9.17) is 33.2 Å². The lowest BCUT2D eigenvalue weighted by Crippen LogP contribution is -2.63. The lowest BCUT2D eigenvalue weighted by molar-refractivity contribution is -0.365. The van der Waals surface area contributed by atoms with Crippen LogP contribution in [0.15, 0.2) is 61.2 Å². The van der Waals surface area contributed by atoms with Gasteiger partial charge < -0.3 is 38.3 Å². The van der Waals surface area contributed by atoms with Crippen molar-refractivity contribution in [3.8, 4) is 11.5 Å². The maximum atomic E-state index is 11.0. The summed E-state index contributed by atoms with van der Waals surface area (Å²) < 4.78 is 40.3. The van der Waals surface area contributed by atoms with Crippen LogP contribution in [0.4, 0.5) is 0 Å². The Hall–Kier alpha value is -2.46. The van der Waals surface area contributed by atoms with Gasteiger partial charge in [-0.15, -0.1) is 6.58 Å². The first kappa shape index (κ1) is 23.7. The lowest BCUT2D eigenvalue weighted by atomic mass is 9.97. The zero-order valence-electron chi connectivity index (χ0n) is 18.8. The Kier molecular flexibility index (Phi) is 7.97. The molecule has 2 aliphatic rings. The highest BCUT2D eigenvalue weighted by Crippen LogP contribution is 2.36. The third-order valence-corrected chi connectivity index (χ3v) is 5.68. The summed E-state index contributed by atoms with van der Waals surface area (Å²) in [4.78, 5) is 0. The zero-order chi connectivity index (χ0) is 23.2. The second-order valence-corrected chi connectivity index (χ2v) is 7.82. The topological polar surface area (TPSA) is 84.8 Å². The molecule has 178 valence electrons. The molecule has 2 fully saturated rings. The van der Waals surface area contributed by atoms with E-state index in [0.717, 1.165) is 22.6 Å². The SMILES string of the molecule is C=CCO[C@@H]1O[C@@H]2COC(c3ccc(OC)cc3)O[C@@H]2[C@H](OCc2ccc(OC)cc2)[C@H]1O. The summed E-state index contributed by atoms with van der Waals surface area (Å²) in [6, 6.07) is 15.0. The Morgan fingerprint density at radius 3 is 2.27 bits per heavy atom. The molecule has 4 rings (SSSR count). The van der Waals surface area contributed by atoms with Gasteiger partial charge in [0.1, 0.15) is 35.9 Å². The molecule has 8 nitrogen and oxygen atoms in total. The third-order valence-electron chi connectivity index (χ3n) is 5.68. The van der Waals surface area contributed by atoms with E-state index in [1.807, 2.05) is 48.5 Å². The van der Waals surface area contributed by atoms with Crippen molar-refractivity contribution in [1.29, 1.82) is 0 Å². The molecule has 0 bridgehead atoms. The highest BCUT2D eigenvalue weighted by Gasteiger charge is 2.50. The van der Waals surface area contributed by atoms with Gasteiger partial charge in [-0.3, -0.25) is 0 Å². The molecule has 0 saturated carbocycles. The van der Waals surface area contributed by atoms with Gasteiger partial charge in [-0.25, -0.2) is 0 Å². The van der Waals surface area contributed by atoms with Crippen molar-refractivity contribution in [3.05, 3.63) is 72.3 Å². The Balaban J connectivity index is 1.50. The molecule has 0 aliphatic carbocycles. The first-order valence-electron chi connectivity index (χ1n) is 10.8. The summed E-state index contributed by atoms with van der Waals surface area (Å²) in [5, 5.41) is 11.0. The molecule has 2 aromatic carbocycles. The van der Waals surface area contributed by atoms with Crippen LogP contribution in [0.1, 0.15) is 17.4 Å². The Morgan fingerprint density at radius 1 is 0.970 bits per heavy atom. The summed E-state index contributed by atoms with van der Waals surface area (Å²) in [5.41, 5.74) is 1.77. The van der Waals surface area contributed by atoms with Gasteiger partial charge >= 0.3 is 0 Å². The van der Waals surface area contributed by atoms with Crippen molar-refractivity contribution in [2.75, 3.05) is 27.4 Å². The first-order valence-corrected chi connectivity index (χ1v) is 10.8. The predicted octanol–water partition coefficient (Wildman–Crippen LogP) is 2.99. The molecule has 2 saturated heterocycles. The highest BCUT2D eigenvalue weighted by molar-refractivity contribution is 5.28. The number of fused-ring (bicyclic) bond motifs is 1. The summed E-state index contributed by atoms with van der Waals surface area (Å²) in [6.45, 7) is 4.44. The number of aliphatic hydroxyl groups excluding tert-OH is 1. The minimum atomic E-state index is -1.06. The quantitative estimate of drug-likeness (QED) is 0.574. The van der Waals surface area contributed by atoms with Gasteiger partial charge in [-0.05, 0) is 29.8 Å². The Labute approximate surface area is 193 Å². The maximum absolute atomic E-state index is 11.0. The minimum Gasteiger partial charge on any atom is -0.497 e. The predicted molar refractivity (Wildman–Crippen MR) is 119 cm³/mol. The molecule has 6 atom stereocenters. The van der Waals surface area contributed by atoms with Crippen LogP contribution in [0, 0.1) is 0 Å². The smallest absolute Gasteiger partial charge is 0.187 e. The fourth-order valence-corrected chi connectivity index (χ4v) is 3.90. The average Bonchev–Trinajstić information content (AvgIpc) is 2.87. The van der Waals surface area contributed by atoms with E-state index in [1.165, 1.54) is 0 Å². The molecule has 33 heavy (non-hydrogen) atoms. The monoisotopic (exact) mass is 458 g/mol. The minimum absolute atomic E-state index is 0.237. The summed E-state index contributed by atoms with van der Waals surface area (Å²) >= 11 is 0. The van der Waals surface area contributed by atoms with Gasteiger partial charge in [0, 0.05) is 5.56 Å². The van der Waals surface area contributed by atoms with E-state index in [1.54, 1.807) is 20.3 Å². The van der Waals surface area contributed by atoms with Crippen molar-refractivity contribution in [3.63, 3.8) is 0 Å². The average molecular weight is 459 g/mol. The molecule has 0 aromatic heterocycles. The highest BCUT2D eigenvalue weighted by atomic mass is 16.8. The number of hydrogen-bond donors (Lipinski definition) is 1. The molecule has 2 heterocycles. The van der Waals surface area contributed by atoms with Crippen molar-refractivity contribution >= 4 is 0 Å². The number of aliphatic hydroxyl groups is 1. The number of methoxy groups -OCH3 is 2. The van der Waals surface area contributed by atoms with Gasteiger partial charge in [0.05, 0.1) is 34.0 Å². The fourth-order valence-electron chi connectivity index (χ4n) is 3.90. The maximum Gasteiger partial charge on any atom is 0.187 e. The molecular weight excluding hydrogens is 428 g/mol. The van der Waals surface area contributed by atoms with E-state index in [-0.39, 0.29) is 19.8 Å². The number of benzene rings is 2. The molecule has 1 unspecified atom stereocenters. The van der Waals surface area contributed by atoms with Gasteiger partial charge in [-0.1, -0.05) is 30.3 Å². The van der Waals surface area contributed by atoms with Crippen molar-refractivity contribution in [1.82, 2.24) is 0 Å². The lowest BCUT2D eigenvalue weighted by Gasteiger charge is -2.47. The van der Waals surface area contributed by atoms with Crippen molar-refractivity contribution < 1.29 is 38.3 Å². The van der Waals surface area contributed by atoms with E-state index in [9.17, 15) is 5.11 Å². The van der Waals surface area contributed by atoms with Crippen molar-refractivity contribution in [2.45, 2.75) is 43.6 Å². The largest absolute Gasteiger partial charge is 0.497 e. The molecule has 1 N–H and O–H groups in total. The van der Waals surface area contributed by atoms with E-state index >= 15 is 0 Å². The number of hydrogen-bond acceptors (Lipinski definition) is 8. The standard InChI is InChI=1S/C25H30O8/c1-4-13-29-25-21(26)23(30-14-16-5-9-18(27-2)10-6-16)22-20(32-25)15-31-24(33-22)17-7-11-19(28-3)12-8-17/h4-12,20-26H,1,13-15H2,2-3H3/t20-,21-,22+,23-,24?,25-/m1/s1. The van der Waals surface area contributed by atoms with Crippen LogP contribution in [0.2, 0.25) is 0 Å². The molecule has 0 radical (unpaired) electrons. The second kappa shape index (κ2) is 11.1. The summed E-state index contributed by atoms with van der Waals surface area (Å²) in [7, 11) is 3.23. The first-order chi connectivity index (χ1) is 16.1. The van der Waals surface area contributed by atoms with Crippen LogP contribution in [0.5, 0.6) is 11.5 Å². The van der Waals surface area contributed by atoms with E-state index in [2.05, 4.69) is 6.58 Å². The van der Waals surface area contributed by atoms with Gasteiger partial charge in [0.25, 0.3) is 0 Å². The zero-order valence-corrected chi connectivity index (χ0v) is 18.8. The van der Waals surface area contributed by atoms with Gasteiger partial charge in [0.2, 0.25) is 0 Å². The van der Waals surface area contributed by atoms with Gasteiger partial charge in [-0.2, -0.15) is 0 Å². The molecule has 8 heteroatoms. The Bertz CT molecular complexity index is 884. The van der Waals surface area contributed by atoms with Crippen LogP contribution in [-0.4, -0.2) is 63.2 Å². The molecule has 0 spiro atoms. The second-order valence-electron chi connectivity index (χ2n) is 7.82. The van der Waals surface area contributed by atoms with Gasteiger partial charge in [0.15, 0.2) is 12.6 Å². The van der Waals surface area contributed by atoms with Crippen LogP contribution in [0.25, 0.3) is 0 Å². The van der Waals surface area contributed by atoms with E-state index < -0.39 is 37.0 Å². The van der Waals surface area contributed by atoms with Crippen LogP contribution >= 0.6 is 0 Å². The normalized spacial score (nSPS) is 29.2. The number of rotatable bonds is 9. The summed E-state index contributed by atoms with van der Waals surface area (Å²) in [5.74, 6) is 1.50. The Morgan fingerprint density at radius 2 is 1.64 bits per heavy atom. The van der Waals surface area contributed by atoms with Crippen LogP contribution in [-0.2, 0) is 30.3 Å². The van der Waals surface area contributed by atoms with Crippen molar-refractivity contribution in [2.24, 2.45) is 0 Å². The molecule has 2 aromatic rings. The molecule has 2 aliphatic heterocycles. The van der Waals surface area contributed by atoms with Crippen LogP contribution < -0.4 is 9.47 Å². The molecular formula is C25H30O8. The van der Waals surface area contributed by atoms with E-state index in [0.29, 0.717) is 0 Å². The third kappa shape index (κ3) is 5.55. The number of ether oxygens (including phenoxy) is 7. The summed E-state index contributed by atoms with van der Waals surface area (Å²) in [6.07, 6.45) is -2.66. The van der Waals surface area contributed by atoms with Crippen LogP contribution in [0.3, 0.4) is 0 Å².